The SMILES string of the molecule is [C-]#[N+]C(C#N)C(=NC1CCCCN(CC(=O)N2CCCC2)C1=O)Nc1ccc(OC)c(C)c1. The first-order valence-electron chi connectivity index (χ1n) is 11.3. The maximum atomic E-state index is 13.3. The zero-order chi connectivity index (χ0) is 23.8. The molecule has 2 fully saturated rings. The average molecular weight is 451 g/mol. The van der Waals surface area contributed by atoms with Crippen LogP contribution in [0.4, 0.5) is 5.69 Å². The molecule has 2 heterocycles. The molecule has 0 saturated carbocycles. The van der Waals surface area contributed by atoms with Crippen molar-refractivity contribution in [2.45, 2.75) is 51.1 Å². The standard InChI is InChI=1S/C24H30N6O3/c1-17-14-18(9-10-21(17)33-3)27-23(20(15-25)26-2)28-19-8-4-5-13-30(24(19)32)16-22(31)29-11-6-7-12-29/h9-10,14,19-20H,4-8,11-13,16H2,1,3H3,(H,27,28). The molecule has 0 radical (unpaired) electrons. The van der Waals surface area contributed by atoms with Crippen LogP contribution in [0.15, 0.2) is 23.2 Å². The third-order valence-electron chi connectivity index (χ3n) is 6.01. The summed E-state index contributed by atoms with van der Waals surface area (Å²) in [4.78, 5) is 37.2. The number of carbonyl (C=O) groups excluding carboxylic acids is 2. The smallest absolute Gasteiger partial charge is 0.363 e. The molecular formula is C24H30N6O3. The normalized spacial score (nSPS) is 19.9. The van der Waals surface area contributed by atoms with Crippen LogP contribution < -0.4 is 10.1 Å². The summed E-state index contributed by atoms with van der Waals surface area (Å²) >= 11 is 0. The Balaban J connectivity index is 1.82. The van der Waals surface area contributed by atoms with Crippen molar-refractivity contribution in [2.24, 2.45) is 4.99 Å². The summed E-state index contributed by atoms with van der Waals surface area (Å²) in [6.45, 7) is 11.4. The highest BCUT2D eigenvalue weighted by Crippen LogP contribution is 2.23. The Morgan fingerprint density at radius 2 is 2.06 bits per heavy atom. The number of anilines is 1. The first-order valence-corrected chi connectivity index (χ1v) is 11.3. The fourth-order valence-electron chi connectivity index (χ4n) is 4.19. The monoisotopic (exact) mass is 450 g/mol. The number of rotatable bonds is 6. The molecule has 2 aliphatic rings. The van der Waals surface area contributed by atoms with Gasteiger partial charge >= 0.3 is 6.04 Å². The number of amidine groups is 1. The van der Waals surface area contributed by atoms with Gasteiger partial charge in [0.1, 0.15) is 11.8 Å². The highest BCUT2D eigenvalue weighted by molar-refractivity contribution is 6.03. The van der Waals surface area contributed by atoms with Crippen molar-refractivity contribution in [3.8, 4) is 11.8 Å². The number of likely N-dealkylation sites (tertiary alicyclic amines) is 2. The van der Waals surface area contributed by atoms with E-state index in [2.05, 4.69) is 15.2 Å². The van der Waals surface area contributed by atoms with E-state index in [1.807, 2.05) is 19.1 Å². The Hall–Kier alpha value is -3.59. The number of nitrogens with zero attached hydrogens (tertiary/aromatic N) is 5. The molecule has 1 aromatic carbocycles. The van der Waals surface area contributed by atoms with Crippen LogP contribution in [0.2, 0.25) is 0 Å². The molecule has 174 valence electrons. The second kappa shape index (κ2) is 11.3. The molecule has 2 amide bonds. The number of hydrogen-bond donors (Lipinski definition) is 1. The fraction of sp³-hybridized carbons (Fsp3) is 0.542. The first-order chi connectivity index (χ1) is 16.0. The molecule has 1 aromatic rings. The maximum absolute atomic E-state index is 13.3. The van der Waals surface area contributed by atoms with E-state index in [9.17, 15) is 14.9 Å². The van der Waals surface area contributed by atoms with Gasteiger partial charge in [0.25, 0.3) is 0 Å². The second-order valence-electron chi connectivity index (χ2n) is 8.34. The minimum absolute atomic E-state index is 0.0337. The lowest BCUT2D eigenvalue weighted by Crippen LogP contribution is -2.45. The Kier molecular flexibility index (Phi) is 8.26. The molecule has 0 aliphatic carbocycles. The average Bonchev–Trinajstić information content (AvgIpc) is 3.30. The minimum atomic E-state index is -1.16. The summed E-state index contributed by atoms with van der Waals surface area (Å²) < 4.78 is 5.28. The number of nitriles is 1. The highest BCUT2D eigenvalue weighted by Gasteiger charge is 2.32. The lowest BCUT2D eigenvalue weighted by atomic mass is 10.1. The summed E-state index contributed by atoms with van der Waals surface area (Å²) in [7, 11) is 1.59. The van der Waals surface area contributed by atoms with Crippen LogP contribution in [0.1, 0.15) is 37.7 Å². The number of carbonyl (C=O) groups is 2. The van der Waals surface area contributed by atoms with Crippen LogP contribution in [0.25, 0.3) is 4.85 Å². The summed E-state index contributed by atoms with van der Waals surface area (Å²) in [5.41, 5.74) is 1.54. The molecular weight excluding hydrogens is 420 g/mol. The molecule has 0 aromatic heterocycles. The molecule has 2 unspecified atom stereocenters. The van der Waals surface area contributed by atoms with Crippen LogP contribution in [0, 0.1) is 24.8 Å². The van der Waals surface area contributed by atoms with E-state index < -0.39 is 12.1 Å². The first kappa shape index (κ1) is 24.1. The van der Waals surface area contributed by atoms with E-state index in [4.69, 9.17) is 11.3 Å². The zero-order valence-corrected chi connectivity index (χ0v) is 19.2. The van der Waals surface area contributed by atoms with Gasteiger partial charge < -0.3 is 19.9 Å². The van der Waals surface area contributed by atoms with Gasteiger partial charge in [-0.05, 0) is 62.8 Å². The van der Waals surface area contributed by atoms with Crippen molar-refractivity contribution in [1.82, 2.24) is 9.80 Å². The molecule has 33 heavy (non-hydrogen) atoms. The van der Waals surface area contributed by atoms with Gasteiger partial charge in [0.15, 0.2) is 6.07 Å². The number of amides is 2. The predicted molar refractivity (Wildman–Crippen MR) is 125 cm³/mol. The van der Waals surface area contributed by atoms with Gasteiger partial charge in [0, 0.05) is 25.3 Å². The Labute approximate surface area is 194 Å². The van der Waals surface area contributed by atoms with Gasteiger partial charge in [-0.3, -0.25) is 19.4 Å². The zero-order valence-electron chi connectivity index (χ0n) is 19.2. The Morgan fingerprint density at radius 1 is 1.33 bits per heavy atom. The van der Waals surface area contributed by atoms with Crippen LogP contribution in [0.3, 0.4) is 0 Å². The van der Waals surface area contributed by atoms with Crippen molar-refractivity contribution in [3.05, 3.63) is 35.2 Å². The van der Waals surface area contributed by atoms with Crippen molar-refractivity contribution in [1.29, 1.82) is 5.26 Å². The Bertz CT molecular complexity index is 973. The van der Waals surface area contributed by atoms with E-state index in [1.54, 1.807) is 29.0 Å². The van der Waals surface area contributed by atoms with Crippen LogP contribution >= 0.6 is 0 Å². The Morgan fingerprint density at radius 3 is 2.70 bits per heavy atom. The van der Waals surface area contributed by atoms with Crippen molar-refractivity contribution >= 4 is 23.3 Å². The number of ether oxygens (including phenoxy) is 1. The van der Waals surface area contributed by atoms with Crippen LogP contribution in [0.5, 0.6) is 5.75 Å². The fourth-order valence-corrected chi connectivity index (χ4v) is 4.19. The largest absolute Gasteiger partial charge is 0.496 e. The molecule has 0 bridgehead atoms. The lowest BCUT2D eigenvalue weighted by Gasteiger charge is -2.25. The van der Waals surface area contributed by atoms with Gasteiger partial charge in [0.2, 0.25) is 17.6 Å². The number of aryl methyl sites for hydroxylation is 1. The molecule has 0 spiro atoms. The number of methoxy groups -OCH3 is 1. The molecule has 3 rings (SSSR count). The molecule has 1 N–H and O–H groups in total. The molecule has 9 nitrogen and oxygen atoms in total. The quantitative estimate of drug-likeness (QED) is 0.408. The summed E-state index contributed by atoms with van der Waals surface area (Å²) in [5, 5.41) is 12.6. The van der Waals surface area contributed by atoms with Gasteiger partial charge in [-0.1, -0.05) is 0 Å². The summed E-state index contributed by atoms with van der Waals surface area (Å²) in [5.74, 6) is 0.599. The predicted octanol–water partition coefficient (Wildman–Crippen LogP) is 2.63. The van der Waals surface area contributed by atoms with Gasteiger partial charge in [-0.25, -0.2) is 6.57 Å². The van der Waals surface area contributed by atoms with E-state index in [1.165, 1.54) is 0 Å². The lowest BCUT2D eigenvalue weighted by molar-refractivity contribution is -0.140. The van der Waals surface area contributed by atoms with Crippen molar-refractivity contribution < 1.29 is 14.3 Å². The van der Waals surface area contributed by atoms with E-state index >= 15 is 0 Å². The molecule has 2 atom stereocenters. The minimum Gasteiger partial charge on any atom is -0.496 e. The third-order valence-corrected chi connectivity index (χ3v) is 6.01. The van der Waals surface area contributed by atoms with Gasteiger partial charge in [-0.15, -0.1) is 0 Å². The third kappa shape index (κ3) is 6.01. The van der Waals surface area contributed by atoms with Crippen molar-refractivity contribution in [2.75, 3.05) is 38.6 Å². The number of hydrogen-bond acceptors (Lipinski definition) is 5. The van der Waals surface area contributed by atoms with Gasteiger partial charge in [-0.2, -0.15) is 5.26 Å². The maximum Gasteiger partial charge on any atom is 0.363 e. The highest BCUT2D eigenvalue weighted by atomic mass is 16.5. The number of nitrogens with one attached hydrogen (secondary N) is 1. The molecule has 2 saturated heterocycles. The second-order valence-corrected chi connectivity index (χ2v) is 8.34. The topological polar surface area (TPSA) is 102 Å². The van der Waals surface area contributed by atoms with E-state index in [-0.39, 0.29) is 24.2 Å². The number of benzene rings is 1. The van der Waals surface area contributed by atoms with Gasteiger partial charge in [0.05, 0.1) is 13.7 Å². The van der Waals surface area contributed by atoms with E-state index in [0.29, 0.717) is 18.7 Å². The van der Waals surface area contributed by atoms with E-state index in [0.717, 1.165) is 50.1 Å². The number of aliphatic imine (C=N–C) groups is 1. The van der Waals surface area contributed by atoms with Crippen LogP contribution in [-0.2, 0) is 9.59 Å². The van der Waals surface area contributed by atoms with Crippen molar-refractivity contribution in [3.63, 3.8) is 0 Å². The van der Waals surface area contributed by atoms with Crippen LogP contribution in [-0.4, -0.2) is 72.8 Å². The summed E-state index contributed by atoms with van der Waals surface area (Å²) in [6, 6.07) is 5.45. The molecule has 9 heteroatoms. The summed E-state index contributed by atoms with van der Waals surface area (Å²) in [6.07, 6.45) is 4.07. The molecule has 2 aliphatic heterocycles.